The highest BCUT2D eigenvalue weighted by atomic mass is 32.1. The van der Waals surface area contributed by atoms with E-state index < -0.39 is 17.9 Å². The van der Waals surface area contributed by atoms with Gasteiger partial charge in [0.05, 0.1) is 5.69 Å². The van der Waals surface area contributed by atoms with Crippen molar-refractivity contribution in [1.29, 1.82) is 0 Å². The Morgan fingerprint density at radius 1 is 1.38 bits per heavy atom. The van der Waals surface area contributed by atoms with Crippen LogP contribution in [0.25, 0.3) is 0 Å². The lowest BCUT2D eigenvalue weighted by molar-refractivity contribution is -0.274. The minimum Gasteiger partial charge on any atom is -0.404 e. The average Bonchev–Trinajstić information content (AvgIpc) is 2.06. The molecule has 0 aromatic heterocycles. The van der Waals surface area contributed by atoms with Crippen LogP contribution < -0.4 is 15.8 Å². The minimum absolute atomic E-state index is 0.287. The highest BCUT2D eigenvalue weighted by Gasteiger charge is 2.32. The molecule has 0 atom stereocenters. The highest BCUT2D eigenvalue weighted by Crippen LogP contribution is 2.30. The third-order valence-electron chi connectivity index (χ3n) is 1.43. The van der Waals surface area contributed by atoms with Crippen molar-refractivity contribution in [2.45, 2.75) is 6.36 Å². The molecule has 0 aliphatic heterocycles. The molecule has 0 bridgehead atoms. The lowest BCUT2D eigenvalue weighted by Gasteiger charge is -2.13. The molecule has 1 aromatic rings. The van der Waals surface area contributed by atoms with Crippen molar-refractivity contribution in [2.75, 3.05) is 5.32 Å². The summed E-state index contributed by atoms with van der Waals surface area (Å²) in [4.78, 5) is 0. The zero-order valence-corrected chi connectivity index (χ0v) is 8.45. The van der Waals surface area contributed by atoms with E-state index in [-0.39, 0.29) is 10.8 Å². The summed E-state index contributed by atoms with van der Waals surface area (Å²) in [6, 6.07) is 2.44. The number of anilines is 1. The molecule has 0 heterocycles. The van der Waals surface area contributed by atoms with Crippen LogP contribution in [0.4, 0.5) is 23.2 Å². The smallest absolute Gasteiger partial charge is 0.404 e. The third kappa shape index (κ3) is 3.89. The van der Waals surface area contributed by atoms with Crippen molar-refractivity contribution in [3.05, 3.63) is 24.0 Å². The number of benzene rings is 1. The zero-order chi connectivity index (χ0) is 12.3. The first-order valence-electron chi connectivity index (χ1n) is 3.90. The fourth-order valence-electron chi connectivity index (χ4n) is 0.946. The fraction of sp³-hybridized carbons (Fsp3) is 0.125. The lowest BCUT2D eigenvalue weighted by atomic mass is 10.3. The van der Waals surface area contributed by atoms with Crippen LogP contribution in [0.15, 0.2) is 18.2 Å². The second kappa shape index (κ2) is 4.52. The van der Waals surface area contributed by atoms with E-state index in [0.29, 0.717) is 0 Å². The Kier molecular flexibility index (Phi) is 3.53. The van der Waals surface area contributed by atoms with Crippen LogP contribution in [0.3, 0.4) is 0 Å². The maximum absolute atomic E-state index is 12.8. The Morgan fingerprint density at radius 2 is 2.00 bits per heavy atom. The molecule has 0 spiro atoms. The van der Waals surface area contributed by atoms with Gasteiger partial charge in [-0.3, -0.25) is 0 Å². The summed E-state index contributed by atoms with van der Waals surface area (Å²) < 4.78 is 52.3. The number of hydrogen-bond acceptors (Lipinski definition) is 2. The maximum atomic E-state index is 12.8. The van der Waals surface area contributed by atoms with Crippen molar-refractivity contribution in [3.63, 3.8) is 0 Å². The van der Waals surface area contributed by atoms with Crippen LogP contribution in [0.2, 0.25) is 0 Å². The summed E-state index contributed by atoms with van der Waals surface area (Å²) in [7, 11) is 0. The van der Waals surface area contributed by atoms with Crippen molar-refractivity contribution >= 4 is 23.0 Å². The van der Waals surface area contributed by atoms with E-state index in [9.17, 15) is 17.6 Å². The Labute approximate surface area is 93.2 Å². The first-order chi connectivity index (χ1) is 7.28. The van der Waals surface area contributed by atoms with Gasteiger partial charge in [0, 0.05) is 6.07 Å². The van der Waals surface area contributed by atoms with Gasteiger partial charge in [0.25, 0.3) is 0 Å². The quantitative estimate of drug-likeness (QED) is 0.628. The van der Waals surface area contributed by atoms with E-state index in [1.807, 2.05) is 0 Å². The molecule has 1 rings (SSSR count). The number of alkyl halides is 3. The second-order valence-electron chi connectivity index (χ2n) is 2.68. The molecule has 0 amide bonds. The van der Waals surface area contributed by atoms with E-state index in [1.165, 1.54) is 0 Å². The van der Waals surface area contributed by atoms with Gasteiger partial charge >= 0.3 is 6.36 Å². The van der Waals surface area contributed by atoms with Crippen LogP contribution in [0.5, 0.6) is 5.75 Å². The predicted octanol–water partition coefficient (Wildman–Crippen LogP) is 2.38. The van der Waals surface area contributed by atoms with Gasteiger partial charge in [0.15, 0.2) is 10.9 Å². The number of nitrogens with two attached hydrogens (primary N) is 1. The van der Waals surface area contributed by atoms with Gasteiger partial charge in [-0.25, -0.2) is 4.39 Å². The minimum atomic E-state index is -4.87. The summed E-state index contributed by atoms with van der Waals surface area (Å²) in [6.45, 7) is 0. The summed E-state index contributed by atoms with van der Waals surface area (Å²) in [5.74, 6) is -1.35. The van der Waals surface area contributed by atoms with E-state index in [2.05, 4.69) is 22.3 Å². The SMILES string of the molecule is NC(=S)Nc1cc(F)ccc1OC(F)(F)F. The van der Waals surface area contributed by atoms with Gasteiger partial charge in [-0.05, 0) is 24.4 Å². The largest absolute Gasteiger partial charge is 0.573 e. The molecule has 0 saturated heterocycles. The first-order valence-corrected chi connectivity index (χ1v) is 4.30. The van der Waals surface area contributed by atoms with Crippen molar-refractivity contribution in [3.8, 4) is 5.75 Å². The van der Waals surface area contributed by atoms with Gasteiger partial charge in [-0.15, -0.1) is 13.2 Å². The number of ether oxygens (including phenoxy) is 1. The fourth-order valence-corrected chi connectivity index (χ4v) is 1.06. The van der Waals surface area contributed by atoms with Gasteiger partial charge in [-0.1, -0.05) is 0 Å². The van der Waals surface area contributed by atoms with Gasteiger partial charge in [-0.2, -0.15) is 0 Å². The predicted molar refractivity (Wildman–Crippen MR) is 53.5 cm³/mol. The molecule has 0 aliphatic rings. The lowest BCUT2D eigenvalue weighted by Crippen LogP contribution is -2.22. The number of halogens is 4. The van der Waals surface area contributed by atoms with Gasteiger partial charge < -0.3 is 15.8 Å². The molecule has 3 nitrogen and oxygen atoms in total. The van der Waals surface area contributed by atoms with Crippen LogP contribution in [-0.4, -0.2) is 11.5 Å². The Balaban J connectivity index is 3.02. The molecule has 16 heavy (non-hydrogen) atoms. The van der Waals surface area contributed by atoms with E-state index in [1.54, 1.807) is 0 Å². The van der Waals surface area contributed by atoms with Crippen LogP contribution in [0.1, 0.15) is 0 Å². The Morgan fingerprint density at radius 3 is 2.50 bits per heavy atom. The van der Waals surface area contributed by atoms with Crippen molar-refractivity contribution in [1.82, 2.24) is 0 Å². The van der Waals surface area contributed by atoms with E-state index in [0.717, 1.165) is 18.2 Å². The monoisotopic (exact) mass is 254 g/mol. The van der Waals surface area contributed by atoms with Crippen LogP contribution >= 0.6 is 12.2 Å². The number of hydrogen-bond donors (Lipinski definition) is 2. The molecule has 0 unspecified atom stereocenters. The summed E-state index contributed by atoms with van der Waals surface area (Å²) in [5, 5.41) is 1.89. The highest BCUT2D eigenvalue weighted by molar-refractivity contribution is 7.80. The summed E-state index contributed by atoms with van der Waals surface area (Å²) >= 11 is 4.43. The summed E-state index contributed by atoms with van der Waals surface area (Å²) in [5.41, 5.74) is 4.78. The molecule has 8 heteroatoms. The number of rotatable bonds is 2. The Bertz CT molecular complexity index is 408. The Hall–Kier alpha value is -1.57. The van der Waals surface area contributed by atoms with Crippen LogP contribution in [0, 0.1) is 5.82 Å². The molecular weight excluding hydrogens is 248 g/mol. The normalized spacial score (nSPS) is 11.0. The van der Waals surface area contributed by atoms with Crippen LogP contribution in [-0.2, 0) is 0 Å². The second-order valence-corrected chi connectivity index (χ2v) is 3.12. The van der Waals surface area contributed by atoms with E-state index >= 15 is 0 Å². The van der Waals surface area contributed by atoms with Crippen molar-refractivity contribution in [2.24, 2.45) is 5.73 Å². The standard InChI is InChI=1S/C8H6F4N2OS/c9-4-1-2-6(15-8(10,11)12)5(3-4)14-7(13)16/h1-3H,(H3,13,14,16). The number of nitrogens with one attached hydrogen (secondary N) is 1. The van der Waals surface area contributed by atoms with E-state index in [4.69, 9.17) is 5.73 Å². The zero-order valence-electron chi connectivity index (χ0n) is 7.64. The molecule has 3 N–H and O–H groups in total. The van der Waals surface area contributed by atoms with Gasteiger partial charge in [0.2, 0.25) is 0 Å². The summed E-state index contributed by atoms with van der Waals surface area (Å²) in [6.07, 6.45) is -4.87. The molecule has 1 aromatic carbocycles. The maximum Gasteiger partial charge on any atom is 0.573 e. The molecular formula is C8H6F4N2OS. The first kappa shape index (κ1) is 12.5. The molecule has 0 fully saturated rings. The third-order valence-corrected chi connectivity index (χ3v) is 1.53. The molecule has 0 aliphatic carbocycles. The molecule has 0 radical (unpaired) electrons. The molecule has 88 valence electrons. The average molecular weight is 254 g/mol. The van der Waals surface area contributed by atoms with Crippen molar-refractivity contribution < 1.29 is 22.3 Å². The van der Waals surface area contributed by atoms with Gasteiger partial charge in [0.1, 0.15) is 5.82 Å². The number of thiocarbonyl (C=S) groups is 1. The molecule has 0 saturated carbocycles. The topological polar surface area (TPSA) is 47.3 Å².